The minimum atomic E-state index is -0.667. The number of H-pyrrole nitrogens is 1. The van der Waals surface area contributed by atoms with E-state index in [1.807, 2.05) is 30.3 Å². The Balaban J connectivity index is 1.80. The maximum absolute atomic E-state index is 11.6. The number of nitrogens with zero attached hydrogens (tertiary/aromatic N) is 5. The maximum Gasteiger partial charge on any atom is 0.269 e. The van der Waals surface area contributed by atoms with Crippen molar-refractivity contribution in [3.63, 3.8) is 0 Å². The molecule has 2 N–H and O–H groups in total. The number of aromatic amines is 1. The van der Waals surface area contributed by atoms with Crippen LogP contribution < -0.4 is 5.56 Å². The summed E-state index contributed by atoms with van der Waals surface area (Å²) in [5.41, 5.74) is 1.43. The lowest BCUT2D eigenvalue weighted by Crippen LogP contribution is -2.11. The lowest BCUT2D eigenvalue weighted by molar-refractivity contribution is 0.452. The monoisotopic (exact) mass is 358 g/mol. The lowest BCUT2D eigenvalue weighted by atomic mass is 10.1. The Bertz CT molecular complexity index is 1110. The summed E-state index contributed by atoms with van der Waals surface area (Å²) in [6.45, 7) is 1.52. The van der Waals surface area contributed by atoms with Gasteiger partial charge in [0.2, 0.25) is 5.88 Å². The molecule has 1 aromatic heterocycles. The van der Waals surface area contributed by atoms with Gasteiger partial charge in [-0.25, -0.2) is 0 Å². The van der Waals surface area contributed by atoms with Crippen LogP contribution in [0.4, 0.5) is 22.7 Å². The molecular weight excluding hydrogens is 344 g/mol. The third kappa shape index (κ3) is 4.11. The second-order valence-electron chi connectivity index (χ2n) is 5.52. The molecule has 3 rings (SSSR count). The molecule has 3 aromatic rings. The van der Waals surface area contributed by atoms with Crippen molar-refractivity contribution >= 4 is 22.7 Å². The molecule has 0 saturated heterocycles. The van der Waals surface area contributed by atoms with Gasteiger partial charge in [-0.2, -0.15) is 20.6 Å². The van der Waals surface area contributed by atoms with Crippen molar-refractivity contribution in [1.29, 1.82) is 5.26 Å². The fraction of sp³-hybridized carbons (Fsp3) is 0.0526. The molecular formula is C19H14N6O2. The molecule has 0 radical (unpaired) electrons. The van der Waals surface area contributed by atoms with Crippen LogP contribution in [0.25, 0.3) is 0 Å². The van der Waals surface area contributed by atoms with Crippen LogP contribution in [0.3, 0.4) is 0 Å². The molecule has 0 aliphatic heterocycles. The van der Waals surface area contributed by atoms with Gasteiger partial charge < -0.3 is 5.11 Å². The number of aromatic nitrogens is 1. The van der Waals surface area contributed by atoms with Crippen molar-refractivity contribution in [2.24, 2.45) is 20.5 Å². The normalized spacial score (nSPS) is 11.1. The minimum Gasteiger partial charge on any atom is -0.493 e. The highest BCUT2D eigenvalue weighted by molar-refractivity contribution is 5.58. The number of benzene rings is 2. The number of hydrogen-bond donors (Lipinski definition) is 2. The third-order valence-corrected chi connectivity index (χ3v) is 3.68. The van der Waals surface area contributed by atoms with Crippen LogP contribution in [-0.2, 0) is 0 Å². The Morgan fingerprint density at radius 2 is 1.41 bits per heavy atom. The first kappa shape index (κ1) is 17.7. The van der Waals surface area contributed by atoms with Crippen LogP contribution in [0, 0.1) is 18.3 Å². The van der Waals surface area contributed by atoms with E-state index in [0.717, 1.165) is 5.69 Å². The number of pyridine rings is 1. The van der Waals surface area contributed by atoms with Gasteiger partial charge in [0.15, 0.2) is 0 Å². The summed E-state index contributed by atoms with van der Waals surface area (Å²) in [6.07, 6.45) is 0. The fourth-order valence-electron chi connectivity index (χ4n) is 2.26. The molecule has 0 atom stereocenters. The minimum absolute atomic E-state index is 0.0407. The van der Waals surface area contributed by atoms with Crippen LogP contribution in [0.15, 0.2) is 79.8 Å². The predicted molar refractivity (Wildman–Crippen MR) is 99.4 cm³/mol. The van der Waals surface area contributed by atoms with Gasteiger partial charge in [-0.05, 0) is 43.3 Å². The molecule has 0 saturated carbocycles. The topological polar surface area (TPSA) is 126 Å². The van der Waals surface area contributed by atoms with Gasteiger partial charge in [0.1, 0.15) is 17.3 Å². The highest BCUT2D eigenvalue weighted by Crippen LogP contribution is 2.30. The average molecular weight is 358 g/mol. The van der Waals surface area contributed by atoms with Gasteiger partial charge in [-0.1, -0.05) is 18.2 Å². The first-order valence-corrected chi connectivity index (χ1v) is 7.93. The number of aromatic hydroxyl groups is 1. The van der Waals surface area contributed by atoms with Gasteiger partial charge in [0, 0.05) is 5.56 Å². The Hall–Kier alpha value is -4.12. The van der Waals surface area contributed by atoms with E-state index in [9.17, 15) is 9.90 Å². The van der Waals surface area contributed by atoms with Gasteiger partial charge in [-0.15, -0.1) is 5.11 Å². The number of nitrogens with one attached hydrogen (secondary N) is 1. The maximum atomic E-state index is 11.6. The van der Waals surface area contributed by atoms with E-state index in [0.29, 0.717) is 11.4 Å². The van der Waals surface area contributed by atoms with Crippen molar-refractivity contribution in [2.75, 3.05) is 0 Å². The number of nitriles is 1. The van der Waals surface area contributed by atoms with Crippen molar-refractivity contribution in [3.05, 3.63) is 76.1 Å². The smallest absolute Gasteiger partial charge is 0.269 e. The van der Waals surface area contributed by atoms with Gasteiger partial charge in [0.25, 0.3) is 5.56 Å². The van der Waals surface area contributed by atoms with Gasteiger partial charge >= 0.3 is 0 Å². The molecule has 8 heteroatoms. The Kier molecular flexibility index (Phi) is 5.14. The van der Waals surface area contributed by atoms with E-state index < -0.39 is 11.4 Å². The van der Waals surface area contributed by atoms with Gasteiger partial charge in [0.05, 0.1) is 17.1 Å². The summed E-state index contributed by atoms with van der Waals surface area (Å²) in [5.74, 6) is -0.437. The molecule has 0 amide bonds. The molecule has 0 bridgehead atoms. The first-order chi connectivity index (χ1) is 13.1. The molecule has 0 fully saturated rings. The average Bonchev–Trinajstić information content (AvgIpc) is 2.68. The zero-order valence-corrected chi connectivity index (χ0v) is 14.3. The van der Waals surface area contributed by atoms with Crippen molar-refractivity contribution < 1.29 is 5.11 Å². The second kappa shape index (κ2) is 7.84. The highest BCUT2D eigenvalue weighted by atomic mass is 16.3. The molecule has 2 aromatic carbocycles. The Labute approximate surface area is 154 Å². The molecule has 0 aliphatic rings. The van der Waals surface area contributed by atoms with Crippen LogP contribution >= 0.6 is 0 Å². The van der Waals surface area contributed by atoms with Crippen LogP contribution in [0.5, 0.6) is 5.88 Å². The molecule has 0 unspecified atom stereocenters. The first-order valence-electron chi connectivity index (χ1n) is 7.93. The Morgan fingerprint density at radius 1 is 0.889 bits per heavy atom. The number of hydrogen-bond acceptors (Lipinski definition) is 7. The molecule has 27 heavy (non-hydrogen) atoms. The van der Waals surface area contributed by atoms with E-state index in [1.54, 1.807) is 30.3 Å². The van der Waals surface area contributed by atoms with Crippen LogP contribution in [0.2, 0.25) is 0 Å². The zero-order chi connectivity index (χ0) is 19.2. The van der Waals surface area contributed by atoms with E-state index in [-0.39, 0.29) is 16.8 Å². The number of rotatable bonds is 4. The standard InChI is InChI=1S/C19H14N6O2/c1-12-16(11-20)18(26)21-19(27)17(12)25-24-15-9-7-14(8-10-15)23-22-13-5-3-2-4-6-13/h2-10H,1H3,(H2,21,26,27)/b23-22-,25-24-. The molecule has 132 valence electrons. The SMILES string of the molecule is Cc1c(/N=N\c2ccc(/N=N\c3ccccc3)cc2)c(O)[nH]c(=O)c1C#N. The Morgan fingerprint density at radius 3 is 1.96 bits per heavy atom. The molecule has 1 heterocycles. The molecule has 0 aliphatic carbocycles. The van der Waals surface area contributed by atoms with Crippen molar-refractivity contribution in [3.8, 4) is 11.9 Å². The van der Waals surface area contributed by atoms with Crippen molar-refractivity contribution in [1.82, 2.24) is 4.98 Å². The largest absolute Gasteiger partial charge is 0.493 e. The quantitative estimate of drug-likeness (QED) is 0.630. The van der Waals surface area contributed by atoms with Crippen molar-refractivity contribution in [2.45, 2.75) is 6.92 Å². The summed E-state index contributed by atoms with van der Waals surface area (Å²) in [5, 5.41) is 35.1. The van der Waals surface area contributed by atoms with Gasteiger partial charge in [-0.3, -0.25) is 9.78 Å². The molecule has 0 spiro atoms. The summed E-state index contributed by atoms with van der Waals surface area (Å²) in [7, 11) is 0. The van der Waals surface area contributed by atoms with E-state index >= 15 is 0 Å². The number of azo groups is 2. The van der Waals surface area contributed by atoms with Crippen LogP contribution in [-0.4, -0.2) is 10.1 Å². The molecule has 8 nitrogen and oxygen atoms in total. The predicted octanol–water partition coefficient (Wildman–Crippen LogP) is 5.09. The third-order valence-electron chi connectivity index (χ3n) is 3.68. The fourth-order valence-corrected chi connectivity index (χ4v) is 2.26. The summed E-state index contributed by atoms with van der Waals surface area (Å²) in [4.78, 5) is 13.8. The van der Waals surface area contributed by atoms with E-state index in [2.05, 4.69) is 25.4 Å². The second-order valence-corrected chi connectivity index (χ2v) is 5.52. The van der Waals surface area contributed by atoms with E-state index in [4.69, 9.17) is 5.26 Å². The lowest BCUT2D eigenvalue weighted by Gasteiger charge is -2.03. The summed E-state index contributed by atoms with van der Waals surface area (Å²) < 4.78 is 0. The highest BCUT2D eigenvalue weighted by Gasteiger charge is 2.13. The summed E-state index contributed by atoms with van der Waals surface area (Å²) >= 11 is 0. The van der Waals surface area contributed by atoms with Crippen LogP contribution in [0.1, 0.15) is 11.1 Å². The summed E-state index contributed by atoms with van der Waals surface area (Å²) in [6, 6.07) is 18.0. The zero-order valence-electron chi connectivity index (χ0n) is 14.3. The van der Waals surface area contributed by atoms with E-state index in [1.165, 1.54) is 6.92 Å².